The van der Waals surface area contributed by atoms with Crippen molar-refractivity contribution < 1.29 is 13.2 Å². The van der Waals surface area contributed by atoms with Crippen molar-refractivity contribution in [1.82, 2.24) is 14.9 Å². The maximum atomic E-state index is 12.5. The van der Waals surface area contributed by atoms with E-state index < -0.39 is 10.0 Å². The van der Waals surface area contributed by atoms with Gasteiger partial charge in [-0.05, 0) is 37.1 Å². The monoisotopic (exact) mass is 339 g/mol. The lowest BCUT2D eigenvalue weighted by molar-refractivity contribution is -0.118. The number of benzene rings is 1. The highest BCUT2D eigenvalue weighted by atomic mass is 32.2. The molecule has 1 heterocycles. The number of sulfonamides is 1. The summed E-state index contributed by atoms with van der Waals surface area (Å²) in [5, 5.41) is 2.72. The number of hydrogen-bond donors (Lipinski definition) is 2. The van der Waals surface area contributed by atoms with Crippen molar-refractivity contribution in [2.75, 3.05) is 26.7 Å². The molecule has 1 aliphatic rings. The van der Waals surface area contributed by atoms with Crippen LogP contribution in [0.3, 0.4) is 0 Å². The second-order valence-corrected chi connectivity index (χ2v) is 8.02. The number of likely N-dealkylation sites (tertiary alicyclic amines) is 1. The topological polar surface area (TPSA) is 78.5 Å². The largest absolute Gasteiger partial charge is 0.356 e. The van der Waals surface area contributed by atoms with Crippen LogP contribution >= 0.6 is 0 Å². The van der Waals surface area contributed by atoms with Crippen LogP contribution in [0, 0.1) is 5.92 Å². The van der Waals surface area contributed by atoms with Gasteiger partial charge in [-0.15, -0.1) is 0 Å². The molecule has 0 spiro atoms. The van der Waals surface area contributed by atoms with Crippen molar-refractivity contribution in [3.63, 3.8) is 0 Å². The number of hydrogen-bond acceptors (Lipinski definition) is 4. The molecule has 1 aliphatic heterocycles. The summed E-state index contributed by atoms with van der Waals surface area (Å²) in [6.07, 6.45) is 0.678. The van der Waals surface area contributed by atoms with Crippen molar-refractivity contribution in [2.24, 2.45) is 5.92 Å². The second-order valence-electron chi connectivity index (χ2n) is 6.30. The molecule has 1 fully saturated rings. The van der Waals surface area contributed by atoms with E-state index >= 15 is 0 Å². The molecule has 0 unspecified atom stereocenters. The van der Waals surface area contributed by atoms with Crippen LogP contribution in [0.4, 0.5) is 0 Å². The number of amides is 1. The average Bonchev–Trinajstić information content (AvgIpc) is 2.76. The van der Waals surface area contributed by atoms with Gasteiger partial charge < -0.3 is 10.2 Å². The van der Waals surface area contributed by atoms with E-state index in [1.165, 1.54) is 6.92 Å². The first-order valence-corrected chi connectivity index (χ1v) is 9.30. The summed E-state index contributed by atoms with van der Waals surface area (Å²) in [4.78, 5) is 13.2. The first-order valence-electron chi connectivity index (χ1n) is 7.82. The van der Waals surface area contributed by atoms with Gasteiger partial charge in [0, 0.05) is 32.6 Å². The van der Waals surface area contributed by atoms with Crippen molar-refractivity contribution in [3.8, 4) is 0 Å². The van der Waals surface area contributed by atoms with Gasteiger partial charge in [-0.3, -0.25) is 4.79 Å². The van der Waals surface area contributed by atoms with Crippen LogP contribution in [0.1, 0.15) is 19.4 Å². The van der Waals surface area contributed by atoms with Gasteiger partial charge in [0.25, 0.3) is 0 Å². The lowest BCUT2D eigenvalue weighted by atomic mass is 10.1. The van der Waals surface area contributed by atoms with Gasteiger partial charge in [-0.1, -0.05) is 19.1 Å². The number of carbonyl (C=O) groups excluding carboxylic acids is 1. The maximum Gasteiger partial charge on any atom is 0.240 e. The van der Waals surface area contributed by atoms with Crippen LogP contribution in [-0.4, -0.2) is 51.9 Å². The Labute approximate surface area is 138 Å². The van der Waals surface area contributed by atoms with E-state index in [0.29, 0.717) is 18.9 Å². The van der Waals surface area contributed by atoms with Crippen LogP contribution in [0.2, 0.25) is 0 Å². The highest BCUT2D eigenvalue weighted by molar-refractivity contribution is 7.89. The molecule has 0 radical (unpaired) electrons. The first-order chi connectivity index (χ1) is 10.8. The first kappa shape index (κ1) is 17.9. The Morgan fingerprint density at radius 3 is 2.43 bits per heavy atom. The standard InChI is InChI=1S/C16H25N3O3S/c1-12-10-19(3)11-16(12)18-23(21,22)15-6-4-14(5-7-15)8-9-17-13(2)20/h4-7,12,16,18H,8-11H2,1-3H3,(H,17,20)/t12-,16+/m0/s1. The molecule has 0 aromatic heterocycles. The van der Waals surface area contributed by atoms with Crippen molar-refractivity contribution >= 4 is 15.9 Å². The van der Waals surface area contributed by atoms with Crippen molar-refractivity contribution in [3.05, 3.63) is 29.8 Å². The molecule has 1 amide bonds. The lowest BCUT2D eigenvalue weighted by Crippen LogP contribution is -2.39. The van der Waals surface area contributed by atoms with Crippen molar-refractivity contribution in [2.45, 2.75) is 31.2 Å². The van der Waals surface area contributed by atoms with E-state index in [1.54, 1.807) is 24.3 Å². The minimum absolute atomic E-state index is 0.0514. The van der Waals surface area contributed by atoms with Crippen LogP contribution in [0.25, 0.3) is 0 Å². The summed E-state index contributed by atoms with van der Waals surface area (Å²) >= 11 is 0. The lowest BCUT2D eigenvalue weighted by Gasteiger charge is -2.16. The fourth-order valence-electron chi connectivity index (χ4n) is 2.85. The molecule has 7 heteroatoms. The number of nitrogens with one attached hydrogen (secondary N) is 2. The summed E-state index contributed by atoms with van der Waals surface area (Å²) in [5.41, 5.74) is 0.992. The Bertz CT molecular complexity index is 643. The van der Waals surface area contributed by atoms with Gasteiger partial charge in [0.15, 0.2) is 0 Å². The molecular formula is C16H25N3O3S. The van der Waals surface area contributed by atoms with E-state index in [-0.39, 0.29) is 16.8 Å². The van der Waals surface area contributed by atoms with Gasteiger partial charge in [0.05, 0.1) is 4.90 Å². The molecule has 0 saturated carbocycles. The minimum atomic E-state index is -3.50. The Kier molecular flexibility index (Phi) is 5.78. The van der Waals surface area contributed by atoms with Gasteiger partial charge in [-0.2, -0.15) is 0 Å². The summed E-state index contributed by atoms with van der Waals surface area (Å²) in [7, 11) is -1.50. The maximum absolute atomic E-state index is 12.5. The van der Waals surface area contributed by atoms with Crippen molar-refractivity contribution in [1.29, 1.82) is 0 Å². The van der Waals surface area contributed by atoms with E-state index in [9.17, 15) is 13.2 Å². The fraction of sp³-hybridized carbons (Fsp3) is 0.562. The number of rotatable bonds is 6. The fourth-order valence-corrected chi connectivity index (χ4v) is 4.18. The molecule has 6 nitrogen and oxygen atoms in total. The second kappa shape index (κ2) is 7.42. The highest BCUT2D eigenvalue weighted by Crippen LogP contribution is 2.18. The Hall–Kier alpha value is -1.44. The van der Waals surface area contributed by atoms with E-state index in [2.05, 4.69) is 21.9 Å². The minimum Gasteiger partial charge on any atom is -0.356 e. The third-order valence-corrected chi connectivity index (χ3v) is 5.63. The summed E-state index contributed by atoms with van der Waals surface area (Å²) in [6.45, 7) is 5.71. The van der Waals surface area contributed by atoms with Crippen LogP contribution < -0.4 is 10.0 Å². The Morgan fingerprint density at radius 2 is 1.91 bits per heavy atom. The molecular weight excluding hydrogens is 314 g/mol. The molecule has 0 bridgehead atoms. The molecule has 1 aromatic carbocycles. The number of likely N-dealkylation sites (N-methyl/N-ethyl adjacent to an activating group) is 1. The van der Waals surface area contributed by atoms with Gasteiger partial charge in [0.2, 0.25) is 15.9 Å². The van der Waals surface area contributed by atoms with Gasteiger partial charge in [0.1, 0.15) is 0 Å². The average molecular weight is 339 g/mol. The normalized spacial score (nSPS) is 22.2. The van der Waals surface area contributed by atoms with Crippen LogP contribution in [0.15, 0.2) is 29.2 Å². The molecule has 23 heavy (non-hydrogen) atoms. The van der Waals surface area contributed by atoms with Crippen LogP contribution in [0.5, 0.6) is 0 Å². The zero-order valence-electron chi connectivity index (χ0n) is 13.9. The molecule has 2 N–H and O–H groups in total. The molecule has 1 aromatic rings. The molecule has 1 saturated heterocycles. The van der Waals surface area contributed by atoms with E-state index in [1.807, 2.05) is 7.05 Å². The third kappa shape index (κ3) is 5.02. The summed E-state index contributed by atoms with van der Waals surface area (Å²) in [5.74, 6) is 0.232. The third-order valence-electron chi connectivity index (χ3n) is 4.12. The Morgan fingerprint density at radius 1 is 1.26 bits per heavy atom. The van der Waals surface area contributed by atoms with E-state index in [0.717, 1.165) is 18.7 Å². The Balaban J connectivity index is 1.98. The number of nitrogens with zero attached hydrogens (tertiary/aromatic N) is 1. The molecule has 0 aliphatic carbocycles. The van der Waals surface area contributed by atoms with Crippen LogP contribution in [-0.2, 0) is 21.2 Å². The molecule has 2 rings (SSSR count). The zero-order chi connectivity index (χ0) is 17.0. The highest BCUT2D eigenvalue weighted by Gasteiger charge is 2.31. The summed E-state index contributed by atoms with van der Waals surface area (Å²) < 4.78 is 27.7. The number of carbonyl (C=O) groups is 1. The summed E-state index contributed by atoms with van der Waals surface area (Å²) in [6, 6.07) is 6.77. The molecule has 2 atom stereocenters. The zero-order valence-corrected chi connectivity index (χ0v) is 14.7. The smallest absolute Gasteiger partial charge is 0.240 e. The molecule has 128 valence electrons. The van der Waals surface area contributed by atoms with E-state index in [4.69, 9.17) is 0 Å². The van der Waals surface area contributed by atoms with Gasteiger partial charge >= 0.3 is 0 Å². The quantitative estimate of drug-likeness (QED) is 0.795. The predicted molar refractivity (Wildman–Crippen MR) is 89.6 cm³/mol. The SMILES string of the molecule is CC(=O)NCCc1ccc(S(=O)(=O)N[C@@H]2CN(C)C[C@@H]2C)cc1. The van der Waals surface area contributed by atoms with Gasteiger partial charge in [-0.25, -0.2) is 13.1 Å². The predicted octanol–water partition coefficient (Wildman–Crippen LogP) is 0.594.